The van der Waals surface area contributed by atoms with E-state index in [1.54, 1.807) is 0 Å². The Morgan fingerprint density at radius 3 is 2.57 bits per heavy atom. The summed E-state index contributed by atoms with van der Waals surface area (Å²) < 4.78 is 6.24. The van der Waals surface area contributed by atoms with Gasteiger partial charge in [-0.2, -0.15) is 0 Å². The SMILES string of the molecule is CCNC(C)(CC(C)OC1CC(C)CC(C)(C)C1)C(N)=O. The zero-order valence-electron chi connectivity index (χ0n) is 14.7. The van der Waals surface area contributed by atoms with Crippen molar-refractivity contribution >= 4 is 5.91 Å². The number of likely N-dealkylation sites (N-methyl/N-ethyl adjacent to an activating group) is 1. The second-order valence-electron chi connectivity index (χ2n) is 7.91. The second-order valence-corrected chi connectivity index (χ2v) is 7.91. The molecule has 124 valence electrons. The number of primary amides is 1. The summed E-state index contributed by atoms with van der Waals surface area (Å²) in [6, 6.07) is 0. The highest BCUT2D eigenvalue weighted by molar-refractivity contribution is 5.84. The fourth-order valence-electron chi connectivity index (χ4n) is 3.96. The summed E-state index contributed by atoms with van der Waals surface area (Å²) in [6.07, 6.45) is 4.39. The van der Waals surface area contributed by atoms with Crippen LogP contribution in [0.2, 0.25) is 0 Å². The van der Waals surface area contributed by atoms with Gasteiger partial charge in [0, 0.05) is 6.42 Å². The molecule has 4 nitrogen and oxygen atoms in total. The van der Waals surface area contributed by atoms with Gasteiger partial charge in [-0.15, -0.1) is 0 Å². The van der Waals surface area contributed by atoms with E-state index in [0.717, 1.165) is 19.4 Å². The van der Waals surface area contributed by atoms with Crippen molar-refractivity contribution in [3.05, 3.63) is 0 Å². The number of amides is 1. The summed E-state index contributed by atoms with van der Waals surface area (Å²) in [6.45, 7) is 13.6. The maximum Gasteiger partial charge on any atom is 0.237 e. The molecule has 0 saturated heterocycles. The number of nitrogens with one attached hydrogen (secondary N) is 1. The number of carbonyl (C=O) groups is 1. The van der Waals surface area contributed by atoms with E-state index in [-0.39, 0.29) is 18.1 Å². The molecule has 0 bridgehead atoms. The number of carbonyl (C=O) groups excluding carboxylic acids is 1. The van der Waals surface area contributed by atoms with E-state index in [2.05, 4.69) is 26.1 Å². The Hall–Kier alpha value is -0.610. The van der Waals surface area contributed by atoms with Gasteiger partial charge in [0.25, 0.3) is 0 Å². The molecule has 0 radical (unpaired) electrons. The van der Waals surface area contributed by atoms with Crippen LogP contribution >= 0.6 is 0 Å². The lowest BCUT2D eigenvalue weighted by molar-refractivity contribution is -0.127. The highest BCUT2D eigenvalue weighted by Gasteiger charge is 2.36. The zero-order valence-corrected chi connectivity index (χ0v) is 14.7. The topological polar surface area (TPSA) is 64.3 Å². The minimum atomic E-state index is -0.691. The highest BCUT2D eigenvalue weighted by Crippen LogP contribution is 2.40. The van der Waals surface area contributed by atoms with Crippen LogP contribution in [0.5, 0.6) is 0 Å². The van der Waals surface area contributed by atoms with Crippen LogP contribution in [0.1, 0.15) is 67.2 Å². The van der Waals surface area contributed by atoms with E-state index in [1.807, 2.05) is 20.8 Å². The fraction of sp³-hybridized carbons (Fsp3) is 0.941. The Kier molecular flexibility index (Phi) is 6.23. The lowest BCUT2D eigenvalue weighted by Gasteiger charge is -2.40. The maximum absolute atomic E-state index is 11.7. The van der Waals surface area contributed by atoms with Gasteiger partial charge in [-0.1, -0.05) is 27.7 Å². The van der Waals surface area contributed by atoms with Crippen LogP contribution in [0.25, 0.3) is 0 Å². The molecule has 1 saturated carbocycles. The minimum Gasteiger partial charge on any atom is -0.375 e. The monoisotopic (exact) mass is 298 g/mol. The van der Waals surface area contributed by atoms with Gasteiger partial charge in [-0.25, -0.2) is 0 Å². The molecule has 0 aromatic heterocycles. The molecule has 1 fully saturated rings. The van der Waals surface area contributed by atoms with Crippen LogP contribution in [0.15, 0.2) is 0 Å². The molecule has 4 heteroatoms. The summed E-state index contributed by atoms with van der Waals surface area (Å²) in [5.41, 5.74) is 5.20. The van der Waals surface area contributed by atoms with E-state index >= 15 is 0 Å². The van der Waals surface area contributed by atoms with Crippen molar-refractivity contribution < 1.29 is 9.53 Å². The Labute approximate surface area is 130 Å². The van der Waals surface area contributed by atoms with Gasteiger partial charge in [-0.05, 0) is 51.0 Å². The van der Waals surface area contributed by atoms with Gasteiger partial charge < -0.3 is 15.8 Å². The van der Waals surface area contributed by atoms with Crippen molar-refractivity contribution in [2.75, 3.05) is 6.54 Å². The number of rotatable bonds is 7. The third-order valence-electron chi connectivity index (χ3n) is 4.58. The summed E-state index contributed by atoms with van der Waals surface area (Å²) in [7, 11) is 0. The molecule has 0 aliphatic heterocycles. The second kappa shape index (κ2) is 7.10. The molecule has 0 aromatic rings. The van der Waals surface area contributed by atoms with Gasteiger partial charge in [0.15, 0.2) is 0 Å². The predicted molar refractivity (Wildman–Crippen MR) is 87.0 cm³/mol. The van der Waals surface area contributed by atoms with Crippen LogP contribution in [0.3, 0.4) is 0 Å². The normalized spacial score (nSPS) is 29.6. The third-order valence-corrected chi connectivity index (χ3v) is 4.58. The molecular formula is C17H34N2O2. The van der Waals surface area contributed by atoms with Crippen molar-refractivity contribution in [3.8, 4) is 0 Å². The average Bonchev–Trinajstić information content (AvgIpc) is 2.25. The first kappa shape index (κ1) is 18.4. The number of hydrogen-bond acceptors (Lipinski definition) is 3. The molecular weight excluding hydrogens is 264 g/mol. The highest BCUT2D eigenvalue weighted by atomic mass is 16.5. The largest absolute Gasteiger partial charge is 0.375 e. The lowest BCUT2D eigenvalue weighted by Crippen LogP contribution is -2.55. The number of nitrogens with two attached hydrogens (primary N) is 1. The van der Waals surface area contributed by atoms with Gasteiger partial charge >= 0.3 is 0 Å². The molecule has 0 heterocycles. The van der Waals surface area contributed by atoms with Crippen LogP contribution < -0.4 is 11.1 Å². The van der Waals surface area contributed by atoms with Gasteiger partial charge in [-0.3, -0.25) is 4.79 Å². The summed E-state index contributed by atoms with van der Waals surface area (Å²) in [5.74, 6) is 0.388. The third kappa shape index (κ3) is 5.59. The van der Waals surface area contributed by atoms with E-state index in [1.165, 1.54) is 6.42 Å². The van der Waals surface area contributed by atoms with Crippen LogP contribution in [0, 0.1) is 11.3 Å². The first-order valence-corrected chi connectivity index (χ1v) is 8.28. The van der Waals surface area contributed by atoms with Gasteiger partial charge in [0.2, 0.25) is 5.91 Å². The molecule has 1 aliphatic carbocycles. The van der Waals surface area contributed by atoms with Crippen molar-refractivity contribution in [2.45, 2.75) is 85.0 Å². The number of hydrogen-bond donors (Lipinski definition) is 2. The molecule has 21 heavy (non-hydrogen) atoms. The molecule has 3 N–H and O–H groups in total. The molecule has 0 spiro atoms. The van der Waals surface area contributed by atoms with E-state index in [0.29, 0.717) is 17.8 Å². The standard InChI is InChI=1S/C17H34N2O2/c1-7-19-17(6,15(18)20)10-13(3)21-14-8-12(2)9-16(4,5)11-14/h12-14,19H,7-11H2,1-6H3,(H2,18,20). The number of ether oxygens (including phenoxy) is 1. The van der Waals surface area contributed by atoms with E-state index in [4.69, 9.17) is 10.5 Å². The minimum absolute atomic E-state index is 0.0210. The first-order valence-electron chi connectivity index (χ1n) is 8.28. The summed E-state index contributed by atoms with van der Waals surface area (Å²) >= 11 is 0. The van der Waals surface area contributed by atoms with Crippen LogP contribution in [-0.2, 0) is 9.53 Å². The Balaban J connectivity index is 2.60. The Morgan fingerprint density at radius 1 is 1.48 bits per heavy atom. The maximum atomic E-state index is 11.7. The molecule has 1 aliphatic rings. The Bertz CT molecular complexity index is 357. The molecule has 1 rings (SSSR count). The average molecular weight is 298 g/mol. The van der Waals surface area contributed by atoms with E-state index < -0.39 is 5.54 Å². The van der Waals surface area contributed by atoms with Crippen LogP contribution in [0.4, 0.5) is 0 Å². The fourth-order valence-corrected chi connectivity index (χ4v) is 3.96. The lowest BCUT2D eigenvalue weighted by atomic mass is 9.71. The summed E-state index contributed by atoms with van der Waals surface area (Å²) in [5, 5.41) is 3.20. The molecule has 1 amide bonds. The predicted octanol–water partition coefficient (Wildman–Crippen LogP) is 2.85. The first-order chi connectivity index (χ1) is 9.58. The van der Waals surface area contributed by atoms with Crippen molar-refractivity contribution in [2.24, 2.45) is 17.1 Å². The smallest absolute Gasteiger partial charge is 0.237 e. The molecule has 4 unspecified atom stereocenters. The van der Waals surface area contributed by atoms with Crippen molar-refractivity contribution in [3.63, 3.8) is 0 Å². The quantitative estimate of drug-likeness (QED) is 0.759. The van der Waals surface area contributed by atoms with Crippen molar-refractivity contribution in [1.29, 1.82) is 0 Å². The van der Waals surface area contributed by atoms with Crippen molar-refractivity contribution in [1.82, 2.24) is 5.32 Å². The van der Waals surface area contributed by atoms with Gasteiger partial charge in [0.05, 0.1) is 17.7 Å². The molecule has 4 atom stereocenters. The summed E-state index contributed by atoms with van der Waals surface area (Å²) in [4.78, 5) is 11.7. The van der Waals surface area contributed by atoms with Crippen LogP contribution in [-0.4, -0.2) is 30.2 Å². The van der Waals surface area contributed by atoms with Gasteiger partial charge in [0.1, 0.15) is 0 Å². The van der Waals surface area contributed by atoms with E-state index in [9.17, 15) is 4.79 Å². The Morgan fingerprint density at radius 2 is 2.10 bits per heavy atom. The zero-order chi connectivity index (χ0) is 16.3. The molecule has 0 aromatic carbocycles.